The summed E-state index contributed by atoms with van der Waals surface area (Å²) in [6.45, 7) is 3.73. The number of allylic oxidation sites excluding steroid dienone is 1. The van der Waals surface area contributed by atoms with Crippen molar-refractivity contribution in [1.29, 1.82) is 0 Å². The molecule has 0 spiro atoms. The quantitative estimate of drug-likeness (QED) is 0.458. The number of carbonyl (C=O) groups excluding carboxylic acids is 1. The number of benzene rings is 1. The molecule has 0 N–H and O–H groups in total. The second kappa shape index (κ2) is 6.31. The van der Waals surface area contributed by atoms with Gasteiger partial charge in [-0.2, -0.15) is 0 Å². The molecule has 96 valence electrons. The molecule has 1 aromatic carbocycles. The van der Waals surface area contributed by atoms with Gasteiger partial charge in [-0.15, -0.1) is 0 Å². The van der Waals surface area contributed by atoms with Gasteiger partial charge < -0.3 is 0 Å². The molecule has 4 nitrogen and oxygen atoms in total. The molecule has 0 aliphatic carbocycles. The predicted molar refractivity (Wildman–Crippen MR) is 72.0 cm³/mol. The predicted octanol–water partition coefficient (Wildman–Crippen LogP) is 4.10. The Hall–Kier alpha value is -1.68. The summed E-state index contributed by atoms with van der Waals surface area (Å²) < 4.78 is 0. The largest absolute Gasteiger partial charge is 0.277 e. The summed E-state index contributed by atoms with van der Waals surface area (Å²) in [5, 5.41) is 10.3. The first-order valence-corrected chi connectivity index (χ1v) is 6.00. The normalized spacial score (nSPS) is 10.8. The highest BCUT2D eigenvalue weighted by Gasteiger charge is 2.17. The van der Waals surface area contributed by atoms with Gasteiger partial charge in [-0.3, -0.25) is 14.9 Å². The minimum absolute atomic E-state index is 0.100. The van der Waals surface area contributed by atoms with E-state index in [2.05, 4.69) is 0 Å². The zero-order chi connectivity index (χ0) is 13.7. The molecule has 5 heteroatoms. The fourth-order valence-electron chi connectivity index (χ4n) is 1.60. The number of rotatable bonds is 5. The summed E-state index contributed by atoms with van der Waals surface area (Å²) in [6, 6.07) is 2.84. The molecule has 0 aliphatic rings. The molecular formula is C13H14ClNO3. The van der Waals surface area contributed by atoms with Crippen LogP contribution < -0.4 is 0 Å². The number of hydrogen-bond acceptors (Lipinski definition) is 3. The van der Waals surface area contributed by atoms with E-state index in [1.54, 1.807) is 19.1 Å². The van der Waals surface area contributed by atoms with Crippen LogP contribution >= 0.6 is 11.6 Å². The van der Waals surface area contributed by atoms with E-state index in [0.29, 0.717) is 11.1 Å². The average Bonchev–Trinajstić information content (AvgIpc) is 2.28. The Kier molecular flexibility index (Phi) is 5.04. The summed E-state index contributed by atoms with van der Waals surface area (Å²) in [7, 11) is 0. The SMILES string of the molecule is CCC/C=C/c1cc(C)c(C(=O)Cl)cc1[N+](=O)[O-]. The summed E-state index contributed by atoms with van der Waals surface area (Å²) >= 11 is 5.38. The van der Waals surface area contributed by atoms with Gasteiger partial charge in [0.1, 0.15) is 0 Å². The van der Waals surface area contributed by atoms with Crippen LogP contribution in [0.15, 0.2) is 18.2 Å². The molecule has 18 heavy (non-hydrogen) atoms. The molecule has 0 fully saturated rings. The van der Waals surface area contributed by atoms with Crippen LogP contribution in [0.25, 0.3) is 6.08 Å². The molecule has 0 saturated heterocycles. The van der Waals surface area contributed by atoms with Gasteiger partial charge in [0, 0.05) is 11.6 Å². The Morgan fingerprint density at radius 2 is 2.17 bits per heavy atom. The maximum atomic E-state index is 11.1. The maximum Gasteiger partial charge on any atom is 0.277 e. The van der Waals surface area contributed by atoms with Crippen LogP contribution in [0.5, 0.6) is 0 Å². The van der Waals surface area contributed by atoms with Gasteiger partial charge in [0.05, 0.1) is 10.5 Å². The summed E-state index contributed by atoms with van der Waals surface area (Å²) in [6.07, 6.45) is 5.41. The van der Waals surface area contributed by atoms with E-state index in [0.717, 1.165) is 12.8 Å². The number of nitro groups is 1. The van der Waals surface area contributed by atoms with E-state index < -0.39 is 10.2 Å². The van der Waals surface area contributed by atoms with E-state index in [-0.39, 0.29) is 11.3 Å². The smallest absolute Gasteiger partial charge is 0.276 e. The zero-order valence-electron chi connectivity index (χ0n) is 10.3. The lowest BCUT2D eigenvalue weighted by Crippen LogP contribution is -1.99. The molecule has 0 saturated carbocycles. The topological polar surface area (TPSA) is 60.2 Å². The van der Waals surface area contributed by atoms with Crippen molar-refractivity contribution in [3.8, 4) is 0 Å². The summed E-state index contributed by atoms with van der Waals surface area (Å²) in [5.74, 6) is 0. The molecule has 0 aromatic heterocycles. The van der Waals surface area contributed by atoms with Crippen molar-refractivity contribution in [2.24, 2.45) is 0 Å². The number of aryl methyl sites for hydroxylation is 1. The average molecular weight is 268 g/mol. The lowest BCUT2D eigenvalue weighted by atomic mass is 10.0. The second-order valence-electron chi connectivity index (χ2n) is 3.95. The van der Waals surface area contributed by atoms with Crippen LogP contribution in [0.4, 0.5) is 5.69 Å². The van der Waals surface area contributed by atoms with Gasteiger partial charge in [0.25, 0.3) is 10.9 Å². The number of nitro benzene ring substituents is 1. The van der Waals surface area contributed by atoms with Crippen molar-refractivity contribution in [3.63, 3.8) is 0 Å². The van der Waals surface area contributed by atoms with Crippen molar-refractivity contribution >= 4 is 28.6 Å². The zero-order valence-corrected chi connectivity index (χ0v) is 11.0. The maximum absolute atomic E-state index is 11.1. The fourth-order valence-corrected chi connectivity index (χ4v) is 1.80. The van der Waals surface area contributed by atoms with Gasteiger partial charge in [0.15, 0.2) is 0 Å². The highest BCUT2D eigenvalue weighted by molar-refractivity contribution is 6.68. The molecule has 0 heterocycles. The van der Waals surface area contributed by atoms with E-state index in [1.807, 2.05) is 13.0 Å². The monoisotopic (exact) mass is 267 g/mol. The lowest BCUT2D eigenvalue weighted by molar-refractivity contribution is -0.385. The number of nitrogens with zero attached hydrogens (tertiary/aromatic N) is 1. The van der Waals surface area contributed by atoms with Crippen molar-refractivity contribution < 1.29 is 9.72 Å². The minimum atomic E-state index is -0.681. The molecule has 0 atom stereocenters. The molecule has 0 unspecified atom stereocenters. The Labute approximate surface area is 110 Å². The molecule has 1 rings (SSSR count). The third-order valence-corrected chi connectivity index (χ3v) is 2.74. The van der Waals surface area contributed by atoms with Crippen LogP contribution in [0.3, 0.4) is 0 Å². The summed E-state index contributed by atoms with van der Waals surface area (Å²) in [4.78, 5) is 21.6. The minimum Gasteiger partial charge on any atom is -0.276 e. The van der Waals surface area contributed by atoms with Crippen LogP contribution in [0.2, 0.25) is 0 Å². The van der Waals surface area contributed by atoms with Gasteiger partial charge >= 0.3 is 0 Å². The third-order valence-electron chi connectivity index (χ3n) is 2.53. The Morgan fingerprint density at radius 3 is 2.67 bits per heavy atom. The fraction of sp³-hybridized carbons (Fsp3) is 0.308. The lowest BCUT2D eigenvalue weighted by Gasteiger charge is -2.04. The van der Waals surface area contributed by atoms with E-state index in [9.17, 15) is 14.9 Å². The Bertz CT molecular complexity index is 509. The molecule has 0 radical (unpaired) electrons. The van der Waals surface area contributed by atoms with Gasteiger partial charge in [-0.1, -0.05) is 25.5 Å². The second-order valence-corrected chi connectivity index (χ2v) is 4.29. The van der Waals surface area contributed by atoms with E-state index in [1.165, 1.54) is 6.07 Å². The van der Waals surface area contributed by atoms with E-state index in [4.69, 9.17) is 11.6 Å². The number of carbonyl (C=O) groups is 1. The Morgan fingerprint density at radius 1 is 1.50 bits per heavy atom. The van der Waals surface area contributed by atoms with Crippen LogP contribution in [-0.2, 0) is 0 Å². The first kappa shape index (κ1) is 14.4. The molecule has 0 aliphatic heterocycles. The number of unbranched alkanes of at least 4 members (excludes halogenated alkanes) is 1. The van der Waals surface area contributed by atoms with Gasteiger partial charge in [0.2, 0.25) is 0 Å². The van der Waals surface area contributed by atoms with Crippen molar-refractivity contribution in [2.75, 3.05) is 0 Å². The molecular weight excluding hydrogens is 254 g/mol. The van der Waals surface area contributed by atoms with Crippen molar-refractivity contribution in [1.82, 2.24) is 0 Å². The van der Waals surface area contributed by atoms with Crippen molar-refractivity contribution in [3.05, 3.63) is 45.0 Å². The van der Waals surface area contributed by atoms with Gasteiger partial charge in [-0.25, -0.2) is 0 Å². The highest BCUT2D eigenvalue weighted by atomic mass is 35.5. The highest BCUT2D eigenvalue weighted by Crippen LogP contribution is 2.26. The summed E-state index contributed by atoms with van der Waals surface area (Å²) in [5.41, 5.74) is 1.21. The molecule has 0 amide bonds. The van der Waals surface area contributed by atoms with Crippen molar-refractivity contribution in [2.45, 2.75) is 26.7 Å². The molecule has 0 bridgehead atoms. The number of hydrogen-bond donors (Lipinski definition) is 0. The number of halogens is 1. The Balaban J connectivity index is 3.29. The first-order chi connectivity index (χ1) is 8.47. The standard InChI is InChI=1S/C13H14ClNO3/c1-3-4-5-6-10-7-9(2)11(13(14)16)8-12(10)15(17)18/h5-8H,3-4H2,1-2H3/b6-5+. The molecule has 1 aromatic rings. The van der Waals surface area contributed by atoms with E-state index >= 15 is 0 Å². The van der Waals surface area contributed by atoms with Crippen LogP contribution in [-0.4, -0.2) is 10.2 Å². The van der Waals surface area contributed by atoms with Crippen LogP contribution in [0.1, 0.15) is 41.3 Å². The van der Waals surface area contributed by atoms with Crippen LogP contribution in [0, 0.1) is 17.0 Å². The first-order valence-electron chi connectivity index (χ1n) is 5.62. The van der Waals surface area contributed by atoms with Gasteiger partial charge in [-0.05, 0) is 36.6 Å². The third kappa shape index (κ3) is 3.40.